The number of carbonyl (C=O) groups excluding carboxylic acids is 1. The van der Waals surface area contributed by atoms with Gasteiger partial charge in [0.2, 0.25) is 11.8 Å². The normalized spacial score (nSPS) is 14.0. The summed E-state index contributed by atoms with van der Waals surface area (Å²) in [6.07, 6.45) is 1.27. The average Bonchev–Trinajstić information content (AvgIpc) is 3.52. The number of hydrogen-bond acceptors (Lipinski definition) is 8. The molecule has 0 atom stereocenters. The molecule has 0 unspecified atom stereocenters. The number of anilines is 1. The van der Waals surface area contributed by atoms with E-state index in [1.54, 1.807) is 7.11 Å². The number of para-hydroxylation sites is 4. The topological polar surface area (TPSA) is 100 Å². The zero-order chi connectivity index (χ0) is 23.3. The Morgan fingerprint density at radius 2 is 1.85 bits per heavy atom. The zero-order valence-corrected chi connectivity index (χ0v) is 19.8. The molecular formula is C24H26N6O3S. The molecule has 0 bridgehead atoms. The first kappa shape index (κ1) is 22.3. The van der Waals surface area contributed by atoms with Crippen molar-refractivity contribution >= 4 is 34.4 Å². The summed E-state index contributed by atoms with van der Waals surface area (Å²) in [5.74, 6) is 2.63. The Kier molecular flexibility index (Phi) is 6.66. The molecule has 0 radical (unpaired) electrons. The zero-order valence-electron chi connectivity index (χ0n) is 18.9. The molecule has 0 saturated carbocycles. The van der Waals surface area contributed by atoms with Crippen LogP contribution in [-0.4, -0.2) is 70.0 Å². The molecular weight excluding hydrogens is 452 g/mol. The van der Waals surface area contributed by atoms with E-state index >= 15 is 0 Å². The molecule has 9 nitrogen and oxygen atoms in total. The molecule has 2 aromatic carbocycles. The fourth-order valence-corrected chi connectivity index (χ4v) is 4.73. The van der Waals surface area contributed by atoms with Crippen LogP contribution in [-0.2, 0) is 17.6 Å². The second-order valence-electron chi connectivity index (χ2n) is 7.99. The number of nitrogens with zero attached hydrogens (tertiary/aromatic N) is 5. The lowest BCUT2D eigenvalue weighted by atomic mass is 10.2. The van der Waals surface area contributed by atoms with Gasteiger partial charge < -0.3 is 23.9 Å². The summed E-state index contributed by atoms with van der Waals surface area (Å²) >= 11 is 1.28. The van der Waals surface area contributed by atoms with Gasteiger partial charge in [-0.25, -0.2) is 4.98 Å². The maximum atomic E-state index is 12.7. The van der Waals surface area contributed by atoms with Crippen LogP contribution in [0.2, 0.25) is 0 Å². The molecule has 0 aliphatic carbocycles. The first-order valence-corrected chi connectivity index (χ1v) is 12.2. The van der Waals surface area contributed by atoms with E-state index in [4.69, 9.17) is 9.15 Å². The predicted molar refractivity (Wildman–Crippen MR) is 130 cm³/mol. The largest absolute Gasteiger partial charge is 0.495 e. The molecule has 5 rings (SSSR count). The second kappa shape index (κ2) is 10.2. The van der Waals surface area contributed by atoms with Crippen LogP contribution in [0.4, 0.5) is 5.69 Å². The van der Waals surface area contributed by atoms with Crippen molar-refractivity contribution in [2.45, 2.75) is 18.1 Å². The monoisotopic (exact) mass is 478 g/mol. The summed E-state index contributed by atoms with van der Waals surface area (Å²) in [6, 6.07) is 15.9. The van der Waals surface area contributed by atoms with Crippen LogP contribution in [0.15, 0.2) is 58.2 Å². The molecule has 10 heteroatoms. The summed E-state index contributed by atoms with van der Waals surface area (Å²) < 4.78 is 11.2. The van der Waals surface area contributed by atoms with Crippen LogP contribution >= 0.6 is 11.8 Å². The van der Waals surface area contributed by atoms with E-state index in [1.165, 1.54) is 11.8 Å². The highest BCUT2D eigenvalue weighted by molar-refractivity contribution is 7.99. The van der Waals surface area contributed by atoms with E-state index < -0.39 is 0 Å². The Bertz CT molecular complexity index is 1230. The van der Waals surface area contributed by atoms with Crippen molar-refractivity contribution in [2.75, 3.05) is 43.9 Å². The van der Waals surface area contributed by atoms with Crippen molar-refractivity contribution in [2.24, 2.45) is 0 Å². The highest BCUT2D eigenvalue weighted by atomic mass is 32.2. The molecule has 34 heavy (non-hydrogen) atoms. The van der Waals surface area contributed by atoms with Crippen molar-refractivity contribution < 1.29 is 13.9 Å². The smallest absolute Gasteiger partial charge is 0.277 e. The number of nitrogens with one attached hydrogen (secondary N) is 1. The molecule has 3 heterocycles. The van der Waals surface area contributed by atoms with Gasteiger partial charge in [-0.05, 0) is 24.3 Å². The van der Waals surface area contributed by atoms with Crippen LogP contribution in [0.25, 0.3) is 11.0 Å². The highest BCUT2D eigenvalue weighted by Crippen LogP contribution is 2.28. The Hall–Kier alpha value is -3.53. The van der Waals surface area contributed by atoms with Crippen molar-refractivity contribution in [1.29, 1.82) is 0 Å². The minimum atomic E-state index is 0.0757. The van der Waals surface area contributed by atoms with Gasteiger partial charge in [-0.1, -0.05) is 36.0 Å². The molecule has 1 amide bonds. The van der Waals surface area contributed by atoms with Crippen LogP contribution < -0.4 is 9.64 Å². The molecule has 1 N–H and O–H groups in total. The average molecular weight is 479 g/mol. The Morgan fingerprint density at radius 1 is 1.06 bits per heavy atom. The van der Waals surface area contributed by atoms with E-state index in [1.807, 2.05) is 53.4 Å². The summed E-state index contributed by atoms with van der Waals surface area (Å²) in [5, 5.41) is 8.61. The van der Waals surface area contributed by atoms with Gasteiger partial charge in [0.25, 0.3) is 5.22 Å². The third-order valence-electron chi connectivity index (χ3n) is 5.84. The molecule has 1 saturated heterocycles. The Labute approximate surface area is 201 Å². The molecule has 1 aliphatic rings. The third-order valence-corrected chi connectivity index (χ3v) is 6.64. The number of ether oxygens (including phenoxy) is 1. The number of carbonyl (C=O) groups is 1. The summed E-state index contributed by atoms with van der Waals surface area (Å²) in [6.45, 7) is 2.88. The van der Waals surface area contributed by atoms with Gasteiger partial charge in [0.15, 0.2) is 0 Å². The first-order valence-electron chi connectivity index (χ1n) is 11.2. The number of benzene rings is 2. The standard InChI is InChI=1S/C24H26N6O3S/c1-32-20-9-5-4-8-19(20)29-12-14-30(15-13-29)23(31)16-34-24-28-27-22(33-24)11-10-21-25-17-6-2-3-7-18(17)26-21/h2-9H,10-16H2,1H3,(H,25,26). The lowest BCUT2D eigenvalue weighted by molar-refractivity contribution is -0.128. The van der Waals surface area contributed by atoms with Gasteiger partial charge in [0.1, 0.15) is 11.6 Å². The van der Waals surface area contributed by atoms with E-state index in [9.17, 15) is 4.79 Å². The third kappa shape index (κ3) is 5.01. The lowest BCUT2D eigenvalue weighted by Crippen LogP contribution is -2.49. The van der Waals surface area contributed by atoms with Crippen molar-refractivity contribution in [3.05, 3.63) is 60.2 Å². The van der Waals surface area contributed by atoms with E-state index in [2.05, 4.69) is 25.1 Å². The summed E-state index contributed by atoms with van der Waals surface area (Å²) in [7, 11) is 1.68. The molecule has 0 spiro atoms. The predicted octanol–water partition coefficient (Wildman–Crippen LogP) is 3.18. The minimum Gasteiger partial charge on any atom is -0.495 e. The van der Waals surface area contributed by atoms with Crippen LogP contribution in [0.3, 0.4) is 0 Å². The fraction of sp³-hybridized carbons (Fsp3) is 0.333. The first-order chi connectivity index (χ1) is 16.7. The van der Waals surface area contributed by atoms with Gasteiger partial charge in [-0.3, -0.25) is 4.79 Å². The highest BCUT2D eigenvalue weighted by Gasteiger charge is 2.23. The maximum Gasteiger partial charge on any atom is 0.277 e. The number of amides is 1. The Balaban J connectivity index is 1.08. The van der Waals surface area contributed by atoms with E-state index in [0.717, 1.165) is 41.4 Å². The van der Waals surface area contributed by atoms with Gasteiger partial charge in [0.05, 0.1) is 29.6 Å². The number of piperazine rings is 1. The number of methoxy groups -OCH3 is 1. The van der Waals surface area contributed by atoms with Gasteiger partial charge in [0, 0.05) is 39.0 Å². The van der Waals surface area contributed by atoms with Gasteiger partial charge in [-0.15, -0.1) is 10.2 Å². The quantitative estimate of drug-likeness (QED) is 0.386. The molecule has 1 aliphatic heterocycles. The molecule has 176 valence electrons. The number of thioether (sulfide) groups is 1. The molecule has 4 aromatic rings. The van der Waals surface area contributed by atoms with Gasteiger partial charge in [-0.2, -0.15) is 0 Å². The molecule has 2 aromatic heterocycles. The summed E-state index contributed by atoms with van der Waals surface area (Å²) in [4.78, 5) is 24.7. The van der Waals surface area contributed by atoms with Crippen molar-refractivity contribution in [3.8, 4) is 5.75 Å². The number of H-pyrrole nitrogens is 1. The number of aromatic amines is 1. The lowest BCUT2D eigenvalue weighted by Gasteiger charge is -2.36. The van der Waals surface area contributed by atoms with Crippen LogP contribution in [0, 0.1) is 0 Å². The minimum absolute atomic E-state index is 0.0757. The number of imidazole rings is 1. The van der Waals surface area contributed by atoms with E-state index in [0.29, 0.717) is 37.0 Å². The van der Waals surface area contributed by atoms with Crippen molar-refractivity contribution in [3.63, 3.8) is 0 Å². The van der Waals surface area contributed by atoms with Gasteiger partial charge >= 0.3 is 0 Å². The SMILES string of the molecule is COc1ccccc1N1CCN(C(=O)CSc2nnc(CCc3nc4ccccc4[nH]3)o2)CC1. The second-order valence-corrected chi connectivity index (χ2v) is 8.92. The van der Waals surface area contributed by atoms with Crippen molar-refractivity contribution in [1.82, 2.24) is 25.1 Å². The van der Waals surface area contributed by atoms with Crippen LogP contribution in [0.1, 0.15) is 11.7 Å². The maximum absolute atomic E-state index is 12.7. The fourth-order valence-electron chi connectivity index (χ4n) is 4.05. The number of aryl methyl sites for hydroxylation is 2. The number of hydrogen-bond donors (Lipinski definition) is 1. The molecule has 1 fully saturated rings. The summed E-state index contributed by atoms with van der Waals surface area (Å²) in [5.41, 5.74) is 3.02. The van der Waals surface area contributed by atoms with E-state index in [-0.39, 0.29) is 11.7 Å². The number of aromatic nitrogens is 4. The van der Waals surface area contributed by atoms with Crippen LogP contribution in [0.5, 0.6) is 5.75 Å². The number of fused-ring (bicyclic) bond motifs is 1. The Morgan fingerprint density at radius 3 is 2.68 bits per heavy atom. The number of rotatable bonds is 8.